The van der Waals surface area contributed by atoms with Gasteiger partial charge in [0.15, 0.2) is 5.96 Å². The standard InChI is InChI=1S/C19H31N3O2/c1-15-12-16(2)14-17(13-15)9-11-22-19(20-3)21-10-7-5-6-8-18(23)24-4/h12-14H,5-11H2,1-4H3,(H2,20,21,22). The Labute approximate surface area is 145 Å². The number of nitrogens with zero attached hydrogens (tertiary/aromatic N) is 1. The maximum atomic E-state index is 11.0. The lowest BCUT2D eigenvalue weighted by atomic mass is 10.1. The van der Waals surface area contributed by atoms with Crippen LogP contribution >= 0.6 is 0 Å². The van der Waals surface area contributed by atoms with Crippen molar-refractivity contribution >= 4 is 11.9 Å². The second kappa shape index (κ2) is 11.5. The van der Waals surface area contributed by atoms with Crippen LogP contribution in [0.3, 0.4) is 0 Å². The number of hydrogen-bond donors (Lipinski definition) is 2. The maximum absolute atomic E-state index is 11.0. The summed E-state index contributed by atoms with van der Waals surface area (Å²) in [5.41, 5.74) is 3.96. The predicted molar refractivity (Wildman–Crippen MR) is 99.5 cm³/mol. The highest BCUT2D eigenvalue weighted by Crippen LogP contribution is 2.08. The number of rotatable bonds is 9. The number of ether oxygens (including phenoxy) is 1. The van der Waals surface area contributed by atoms with Gasteiger partial charge in [-0.1, -0.05) is 35.7 Å². The van der Waals surface area contributed by atoms with E-state index in [0.717, 1.165) is 44.7 Å². The molecule has 0 atom stereocenters. The topological polar surface area (TPSA) is 62.7 Å². The number of benzene rings is 1. The zero-order valence-electron chi connectivity index (χ0n) is 15.4. The molecule has 0 radical (unpaired) electrons. The van der Waals surface area contributed by atoms with Gasteiger partial charge in [0.1, 0.15) is 0 Å². The van der Waals surface area contributed by atoms with Crippen LogP contribution in [-0.2, 0) is 16.0 Å². The number of unbranched alkanes of at least 4 members (excludes halogenated alkanes) is 2. The molecule has 0 bridgehead atoms. The van der Waals surface area contributed by atoms with E-state index in [2.05, 4.69) is 52.4 Å². The average molecular weight is 333 g/mol. The first-order chi connectivity index (χ1) is 11.5. The number of aryl methyl sites for hydroxylation is 2. The monoisotopic (exact) mass is 333 g/mol. The molecule has 0 amide bonds. The molecule has 0 saturated heterocycles. The summed E-state index contributed by atoms with van der Waals surface area (Å²) in [7, 11) is 3.21. The van der Waals surface area contributed by atoms with E-state index in [1.165, 1.54) is 23.8 Å². The molecule has 134 valence electrons. The summed E-state index contributed by atoms with van der Waals surface area (Å²) in [5.74, 6) is 0.694. The molecule has 0 aliphatic heterocycles. The molecule has 1 aromatic carbocycles. The van der Waals surface area contributed by atoms with Crippen LogP contribution in [0.1, 0.15) is 42.4 Å². The zero-order chi connectivity index (χ0) is 17.8. The molecule has 1 aromatic rings. The number of hydrogen-bond acceptors (Lipinski definition) is 3. The molecular formula is C19H31N3O2. The summed E-state index contributed by atoms with van der Waals surface area (Å²) in [5, 5.41) is 6.64. The number of carbonyl (C=O) groups is 1. The number of aliphatic imine (C=N–C) groups is 1. The molecule has 0 unspecified atom stereocenters. The zero-order valence-corrected chi connectivity index (χ0v) is 15.4. The van der Waals surface area contributed by atoms with Crippen molar-refractivity contribution < 1.29 is 9.53 Å². The van der Waals surface area contributed by atoms with E-state index in [9.17, 15) is 4.79 Å². The molecule has 0 saturated carbocycles. The normalized spacial score (nSPS) is 11.2. The molecule has 0 aliphatic rings. The van der Waals surface area contributed by atoms with Gasteiger partial charge in [0.2, 0.25) is 0 Å². The number of esters is 1. The van der Waals surface area contributed by atoms with Gasteiger partial charge in [0.25, 0.3) is 0 Å². The Hall–Kier alpha value is -2.04. The fourth-order valence-corrected chi connectivity index (χ4v) is 2.64. The minimum atomic E-state index is -0.133. The minimum absolute atomic E-state index is 0.133. The summed E-state index contributed by atoms with van der Waals surface area (Å²) >= 11 is 0. The van der Waals surface area contributed by atoms with Crippen molar-refractivity contribution in [2.45, 2.75) is 46.0 Å². The first-order valence-electron chi connectivity index (χ1n) is 8.63. The van der Waals surface area contributed by atoms with Gasteiger partial charge in [-0.3, -0.25) is 9.79 Å². The molecule has 0 aromatic heterocycles. The van der Waals surface area contributed by atoms with Gasteiger partial charge >= 0.3 is 5.97 Å². The van der Waals surface area contributed by atoms with Crippen LogP contribution in [0, 0.1) is 13.8 Å². The van der Waals surface area contributed by atoms with Gasteiger partial charge in [-0.05, 0) is 38.7 Å². The Morgan fingerprint density at radius 3 is 2.33 bits per heavy atom. The van der Waals surface area contributed by atoms with Crippen LogP contribution in [0.5, 0.6) is 0 Å². The summed E-state index contributed by atoms with van der Waals surface area (Å²) in [6.45, 7) is 5.96. The third kappa shape index (κ3) is 8.56. The lowest BCUT2D eigenvalue weighted by molar-refractivity contribution is -0.140. The van der Waals surface area contributed by atoms with E-state index in [0.29, 0.717) is 6.42 Å². The molecule has 2 N–H and O–H groups in total. The first-order valence-corrected chi connectivity index (χ1v) is 8.63. The quantitative estimate of drug-likeness (QED) is 0.316. The summed E-state index contributed by atoms with van der Waals surface area (Å²) in [6.07, 6.45) is 4.35. The molecule has 1 rings (SSSR count). The highest BCUT2D eigenvalue weighted by Gasteiger charge is 2.01. The number of nitrogens with one attached hydrogen (secondary N) is 2. The molecule has 5 nitrogen and oxygen atoms in total. The first kappa shape index (κ1) is 20.0. The third-order valence-corrected chi connectivity index (χ3v) is 3.79. The Morgan fingerprint density at radius 2 is 1.71 bits per heavy atom. The molecule has 5 heteroatoms. The van der Waals surface area contributed by atoms with Crippen LogP contribution in [0.2, 0.25) is 0 Å². The fourth-order valence-electron chi connectivity index (χ4n) is 2.64. The van der Waals surface area contributed by atoms with Crippen LogP contribution in [0.4, 0.5) is 0 Å². The van der Waals surface area contributed by atoms with E-state index in [1.807, 2.05) is 0 Å². The van der Waals surface area contributed by atoms with E-state index in [4.69, 9.17) is 0 Å². The molecule has 24 heavy (non-hydrogen) atoms. The van der Waals surface area contributed by atoms with Crippen LogP contribution in [0.15, 0.2) is 23.2 Å². The van der Waals surface area contributed by atoms with Crippen molar-refractivity contribution in [3.8, 4) is 0 Å². The van der Waals surface area contributed by atoms with Gasteiger partial charge in [-0.2, -0.15) is 0 Å². The number of methoxy groups -OCH3 is 1. The molecular weight excluding hydrogens is 302 g/mol. The second-order valence-corrected chi connectivity index (χ2v) is 6.06. The largest absolute Gasteiger partial charge is 0.469 e. The van der Waals surface area contributed by atoms with Crippen LogP contribution in [-0.4, -0.2) is 39.2 Å². The molecule has 0 spiro atoms. The van der Waals surface area contributed by atoms with Gasteiger partial charge in [-0.25, -0.2) is 0 Å². The Balaban J connectivity index is 2.17. The van der Waals surface area contributed by atoms with E-state index in [1.54, 1.807) is 7.05 Å². The SMILES string of the molecule is CN=C(NCCCCCC(=O)OC)NCCc1cc(C)cc(C)c1. The van der Waals surface area contributed by atoms with Gasteiger partial charge in [0, 0.05) is 26.6 Å². The highest BCUT2D eigenvalue weighted by atomic mass is 16.5. The van der Waals surface area contributed by atoms with Crippen molar-refractivity contribution in [3.05, 3.63) is 34.9 Å². The van der Waals surface area contributed by atoms with E-state index < -0.39 is 0 Å². The van der Waals surface area contributed by atoms with Crippen molar-refractivity contribution in [2.75, 3.05) is 27.2 Å². The third-order valence-electron chi connectivity index (χ3n) is 3.79. The molecule has 0 fully saturated rings. The Kier molecular flexibility index (Phi) is 9.58. The van der Waals surface area contributed by atoms with Crippen molar-refractivity contribution in [3.63, 3.8) is 0 Å². The van der Waals surface area contributed by atoms with E-state index >= 15 is 0 Å². The minimum Gasteiger partial charge on any atom is -0.469 e. The second-order valence-electron chi connectivity index (χ2n) is 6.06. The smallest absolute Gasteiger partial charge is 0.305 e. The van der Waals surface area contributed by atoms with Gasteiger partial charge < -0.3 is 15.4 Å². The summed E-state index contributed by atoms with van der Waals surface area (Å²) in [6, 6.07) is 6.65. The highest BCUT2D eigenvalue weighted by molar-refractivity contribution is 5.79. The van der Waals surface area contributed by atoms with Gasteiger partial charge in [-0.15, -0.1) is 0 Å². The summed E-state index contributed by atoms with van der Waals surface area (Å²) < 4.78 is 4.62. The van der Waals surface area contributed by atoms with Crippen molar-refractivity contribution in [1.29, 1.82) is 0 Å². The molecule has 0 heterocycles. The maximum Gasteiger partial charge on any atom is 0.305 e. The lowest BCUT2D eigenvalue weighted by Gasteiger charge is -2.12. The van der Waals surface area contributed by atoms with E-state index in [-0.39, 0.29) is 5.97 Å². The van der Waals surface area contributed by atoms with Crippen LogP contribution < -0.4 is 10.6 Å². The van der Waals surface area contributed by atoms with Crippen molar-refractivity contribution in [2.24, 2.45) is 4.99 Å². The summed E-state index contributed by atoms with van der Waals surface area (Å²) in [4.78, 5) is 15.2. The Bertz CT molecular complexity index is 521. The number of carbonyl (C=O) groups excluding carboxylic acids is 1. The average Bonchev–Trinajstić information content (AvgIpc) is 2.55. The van der Waals surface area contributed by atoms with Crippen molar-refractivity contribution in [1.82, 2.24) is 10.6 Å². The number of guanidine groups is 1. The fraction of sp³-hybridized carbons (Fsp3) is 0.579. The van der Waals surface area contributed by atoms with Gasteiger partial charge in [0.05, 0.1) is 7.11 Å². The lowest BCUT2D eigenvalue weighted by Crippen LogP contribution is -2.38. The predicted octanol–water partition coefficient (Wildman–Crippen LogP) is 2.74. The van der Waals surface area contributed by atoms with Crippen LogP contribution in [0.25, 0.3) is 0 Å². The molecule has 0 aliphatic carbocycles. The Morgan fingerprint density at radius 1 is 1.04 bits per heavy atom.